The van der Waals surface area contributed by atoms with Crippen molar-refractivity contribution in [2.24, 2.45) is 18.9 Å². The number of likely N-dealkylation sites (tertiary alicyclic amines) is 1. The molecule has 0 spiro atoms. The Morgan fingerprint density at radius 1 is 1.24 bits per heavy atom. The van der Waals surface area contributed by atoms with Gasteiger partial charge in [-0.15, -0.1) is 0 Å². The maximum atomic E-state index is 12.4. The van der Waals surface area contributed by atoms with Gasteiger partial charge in [0.25, 0.3) is 0 Å². The number of fused-ring (bicyclic) bond motifs is 1. The number of hydrogen-bond donors (Lipinski definition) is 0. The third kappa shape index (κ3) is 3.65. The number of hydrogen-bond acceptors (Lipinski definition) is 5. The second kappa shape index (κ2) is 6.35. The van der Waals surface area contributed by atoms with Gasteiger partial charge >= 0.3 is 12.1 Å². The van der Waals surface area contributed by atoms with Crippen molar-refractivity contribution in [3.05, 3.63) is 17.5 Å². The summed E-state index contributed by atoms with van der Waals surface area (Å²) in [6.07, 6.45) is 2.93. The van der Waals surface area contributed by atoms with Crippen molar-refractivity contribution in [1.29, 1.82) is 0 Å². The monoisotopic (exact) mass is 349 g/mol. The highest BCUT2D eigenvalue weighted by atomic mass is 16.6. The predicted octanol–water partition coefficient (Wildman–Crippen LogP) is 2.53. The van der Waals surface area contributed by atoms with Gasteiger partial charge in [0.2, 0.25) is 0 Å². The Labute approximate surface area is 148 Å². The summed E-state index contributed by atoms with van der Waals surface area (Å²) in [5, 5.41) is 4.09. The third-order valence-corrected chi connectivity index (χ3v) is 5.16. The largest absolute Gasteiger partial charge is 0.458 e. The molecule has 2 heterocycles. The molecule has 138 valence electrons. The SMILES string of the molecule is Cc1c(C(=O)O[C@@H]2CC[C@@H]3CN(C(=O)OC(C)(C)C)C[C@H]32)cnn1C. The molecule has 7 heteroatoms. The zero-order chi connectivity index (χ0) is 18.4. The van der Waals surface area contributed by atoms with Gasteiger partial charge in [-0.3, -0.25) is 4.68 Å². The van der Waals surface area contributed by atoms with E-state index in [1.807, 2.05) is 27.7 Å². The summed E-state index contributed by atoms with van der Waals surface area (Å²) in [4.78, 5) is 26.5. The van der Waals surface area contributed by atoms with Crippen LogP contribution in [-0.2, 0) is 16.5 Å². The van der Waals surface area contributed by atoms with E-state index in [4.69, 9.17) is 9.47 Å². The highest BCUT2D eigenvalue weighted by molar-refractivity contribution is 5.90. The van der Waals surface area contributed by atoms with Gasteiger partial charge in [-0.25, -0.2) is 9.59 Å². The lowest BCUT2D eigenvalue weighted by molar-refractivity contribution is 0.0153. The van der Waals surface area contributed by atoms with Crippen molar-refractivity contribution >= 4 is 12.1 Å². The van der Waals surface area contributed by atoms with Crippen LogP contribution in [-0.4, -0.2) is 51.5 Å². The molecule has 3 rings (SSSR count). The van der Waals surface area contributed by atoms with E-state index < -0.39 is 5.60 Å². The number of esters is 1. The molecule has 0 N–H and O–H groups in total. The predicted molar refractivity (Wildman–Crippen MR) is 91.2 cm³/mol. The van der Waals surface area contributed by atoms with Crippen molar-refractivity contribution in [3.63, 3.8) is 0 Å². The van der Waals surface area contributed by atoms with Crippen LogP contribution in [0.2, 0.25) is 0 Å². The highest BCUT2D eigenvalue weighted by Gasteiger charge is 2.46. The molecule has 1 amide bonds. The number of amides is 1. The summed E-state index contributed by atoms with van der Waals surface area (Å²) in [6, 6.07) is 0. The molecule has 3 atom stereocenters. The van der Waals surface area contributed by atoms with Crippen LogP contribution in [0.3, 0.4) is 0 Å². The topological polar surface area (TPSA) is 73.7 Å². The van der Waals surface area contributed by atoms with Gasteiger partial charge < -0.3 is 14.4 Å². The van der Waals surface area contributed by atoms with Gasteiger partial charge in [0.15, 0.2) is 0 Å². The molecule has 2 aliphatic rings. The van der Waals surface area contributed by atoms with Crippen molar-refractivity contribution < 1.29 is 19.1 Å². The van der Waals surface area contributed by atoms with Gasteiger partial charge in [0, 0.05) is 31.7 Å². The molecule has 1 aliphatic carbocycles. The van der Waals surface area contributed by atoms with Gasteiger partial charge in [0.1, 0.15) is 17.3 Å². The minimum Gasteiger partial charge on any atom is -0.458 e. The molecule has 0 aromatic carbocycles. The van der Waals surface area contributed by atoms with E-state index in [2.05, 4.69) is 5.10 Å². The summed E-state index contributed by atoms with van der Waals surface area (Å²) in [5.74, 6) is 0.237. The number of aromatic nitrogens is 2. The molecule has 25 heavy (non-hydrogen) atoms. The number of carbonyl (C=O) groups is 2. The van der Waals surface area contributed by atoms with Crippen LogP contribution in [0.25, 0.3) is 0 Å². The molecule has 2 fully saturated rings. The molecule has 1 aromatic heterocycles. The van der Waals surface area contributed by atoms with E-state index in [1.165, 1.54) is 0 Å². The number of nitrogens with zero attached hydrogens (tertiary/aromatic N) is 3. The summed E-state index contributed by atoms with van der Waals surface area (Å²) < 4.78 is 12.9. The van der Waals surface area contributed by atoms with Crippen LogP contribution in [0.4, 0.5) is 4.79 Å². The summed E-state index contributed by atoms with van der Waals surface area (Å²) in [5.41, 5.74) is 0.799. The van der Waals surface area contributed by atoms with E-state index in [0.29, 0.717) is 24.6 Å². The van der Waals surface area contributed by atoms with E-state index in [1.54, 1.807) is 22.8 Å². The fraction of sp³-hybridized carbons (Fsp3) is 0.722. The first-order chi connectivity index (χ1) is 11.7. The first kappa shape index (κ1) is 17.8. The second-order valence-corrected chi connectivity index (χ2v) is 8.10. The van der Waals surface area contributed by atoms with Crippen molar-refractivity contribution in [2.45, 2.75) is 52.2 Å². The zero-order valence-corrected chi connectivity index (χ0v) is 15.6. The molecule has 7 nitrogen and oxygen atoms in total. The molecule has 1 saturated carbocycles. The Morgan fingerprint density at radius 3 is 2.56 bits per heavy atom. The van der Waals surface area contributed by atoms with Crippen LogP contribution < -0.4 is 0 Å². The average molecular weight is 349 g/mol. The lowest BCUT2D eigenvalue weighted by Gasteiger charge is -2.25. The molecule has 0 bridgehead atoms. The Balaban J connectivity index is 1.61. The van der Waals surface area contributed by atoms with Gasteiger partial charge in [-0.1, -0.05) is 0 Å². The zero-order valence-electron chi connectivity index (χ0n) is 15.6. The van der Waals surface area contributed by atoms with E-state index in [-0.39, 0.29) is 24.1 Å². The van der Waals surface area contributed by atoms with Gasteiger partial charge in [-0.05, 0) is 46.5 Å². The number of rotatable bonds is 2. The Bertz CT molecular complexity index is 676. The van der Waals surface area contributed by atoms with Crippen LogP contribution >= 0.6 is 0 Å². The Hall–Kier alpha value is -2.05. The summed E-state index contributed by atoms with van der Waals surface area (Å²) >= 11 is 0. The van der Waals surface area contributed by atoms with Crippen LogP contribution in [0, 0.1) is 18.8 Å². The summed E-state index contributed by atoms with van der Waals surface area (Å²) in [6.45, 7) is 8.71. The molecular weight excluding hydrogens is 322 g/mol. The van der Waals surface area contributed by atoms with Gasteiger partial charge in [-0.2, -0.15) is 5.10 Å². The smallest absolute Gasteiger partial charge is 0.410 e. The first-order valence-corrected chi connectivity index (χ1v) is 8.83. The third-order valence-electron chi connectivity index (χ3n) is 5.16. The van der Waals surface area contributed by atoms with Gasteiger partial charge in [0.05, 0.1) is 6.20 Å². The summed E-state index contributed by atoms with van der Waals surface area (Å²) in [7, 11) is 1.80. The second-order valence-electron chi connectivity index (χ2n) is 8.10. The number of ether oxygens (including phenoxy) is 2. The Kier molecular flexibility index (Phi) is 4.51. The lowest BCUT2D eigenvalue weighted by atomic mass is 9.99. The minimum absolute atomic E-state index is 0.149. The van der Waals surface area contributed by atoms with E-state index in [0.717, 1.165) is 18.5 Å². The van der Waals surface area contributed by atoms with E-state index in [9.17, 15) is 9.59 Å². The highest BCUT2D eigenvalue weighted by Crippen LogP contribution is 2.40. The standard InChI is InChI=1S/C18H27N3O4/c1-11-13(8-19-20(11)5)16(22)24-15-7-6-12-9-21(10-14(12)15)17(23)25-18(2,3)4/h8,12,14-15H,6-7,9-10H2,1-5H3/t12-,14-,15-/m1/s1. The average Bonchev–Trinajstić information content (AvgIpc) is 3.15. The van der Waals surface area contributed by atoms with Crippen molar-refractivity contribution in [3.8, 4) is 0 Å². The number of aryl methyl sites for hydroxylation is 1. The molecular formula is C18H27N3O4. The number of carbonyl (C=O) groups excluding carboxylic acids is 2. The van der Waals surface area contributed by atoms with Crippen molar-refractivity contribution in [2.75, 3.05) is 13.1 Å². The lowest BCUT2D eigenvalue weighted by Crippen LogP contribution is -2.37. The maximum absolute atomic E-state index is 12.4. The van der Waals surface area contributed by atoms with Crippen LogP contribution in [0.1, 0.15) is 49.7 Å². The molecule has 0 unspecified atom stereocenters. The Morgan fingerprint density at radius 2 is 1.96 bits per heavy atom. The van der Waals surface area contributed by atoms with Crippen LogP contribution in [0.5, 0.6) is 0 Å². The first-order valence-electron chi connectivity index (χ1n) is 8.83. The normalized spacial score (nSPS) is 25.8. The van der Waals surface area contributed by atoms with Crippen LogP contribution in [0.15, 0.2) is 6.20 Å². The van der Waals surface area contributed by atoms with E-state index >= 15 is 0 Å². The fourth-order valence-electron chi connectivity index (χ4n) is 3.74. The van der Waals surface area contributed by atoms with Crippen molar-refractivity contribution in [1.82, 2.24) is 14.7 Å². The molecule has 1 aliphatic heterocycles. The molecule has 1 aromatic rings. The molecule has 1 saturated heterocycles. The fourth-order valence-corrected chi connectivity index (χ4v) is 3.74. The quantitative estimate of drug-likeness (QED) is 0.767. The molecule has 0 radical (unpaired) electrons. The maximum Gasteiger partial charge on any atom is 0.410 e. The minimum atomic E-state index is -0.502.